The number of hydrogen-bond acceptors (Lipinski definition) is 4. The molecule has 16 heavy (non-hydrogen) atoms. The van der Waals surface area contributed by atoms with Crippen molar-refractivity contribution in [3.8, 4) is 0 Å². The fourth-order valence-electron chi connectivity index (χ4n) is 1.03. The summed E-state index contributed by atoms with van der Waals surface area (Å²) in [5.74, 6) is -0.318. The highest BCUT2D eigenvalue weighted by Crippen LogP contribution is 2.02. The molecule has 1 aromatic heterocycles. The quantitative estimate of drug-likeness (QED) is 0.665. The lowest BCUT2D eigenvalue weighted by atomic mass is 10.1. The van der Waals surface area contributed by atoms with Crippen LogP contribution in [-0.2, 0) is 0 Å². The lowest BCUT2D eigenvalue weighted by Crippen LogP contribution is -2.43. The molecule has 5 nitrogen and oxygen atoms in total. The molecule has 1 atom stereocenters. The minimum absolute atomic E-state index is 0.00376. The Balaban J connectivity index is 2.56. The predicted octanol–water partition coefficient (Wildman–Crippen LogP) is -0.137. The third-order valence-corrected chi connectivity index (χ3v) is 2.14. The first kappa shape index (κ1) is 12.6. The van der Waals surface area contributed by atoms with Crippen LogP contribution in [-0.4, -0.2) is 39.9 Å². The summed E-state index contributed by atoms with van der Waals surface area (Å²) >= 11 is 0. The summed E-state index contributed by atoms with van der Waals surface area (Å²) in [6, 6.07) is 3.39. The number of amides is 1. The Kier molecular flexibility index (Phi) is 3.98. The zero-order chi connectivity index (χ0) is 12.2. The van der Waals surface area contributed by atoms with E-state index in [1.807, 2.05) is 6.92 Å². The smallest absolute Gasteiger partial charge is 0.252 e. The number of hydrogen-bond donors (Lipinski definition) is 3. The second kappa shape index (κ2) is 5.05. The number of pyridine rings is 1. The molecule has 1 rings (SSSR count). The summed E-state index contributed by atoms with van der Waals surface area (Å²) in [5, 5.41) is 20.8. The fraction of sp³-hybridized carbons (Fsp3) is 0.455. The molecule has 0 spiro atoms. The summed E-state index contributed by atoms with van der Waals surface area (Å²) in [6.07, 6.45) is 1.47. The van der Waals surface area contributed by atoms with E-state index in [1.165, 1.54) is 13.1 Å². The number of aromatic nitrogens is 1. The van der Waals surface area contributed by atoms with Gasteiger partial charge in [-0.3, -0.25) is 9.78 Å². The molecule has 0 aromatic carbocycles. The van der Waals surface area contributed by atoms with E-state index in [4.69, 9.17) is 5.11 Å². The van der Waals surface area contributed by atoms with Gasteiger partial charge in [0, 0.05) is 18.4 Å². The molecule has 88 valence electrons. The lowest BCUT2D eigenvalue weighted by Gasteiger charge is -2.20. The zero-order valence-electron chi connectivity index (χ0n) is 9.40. The average molecular weight is 224 g/mol. The number of aliphatic hydroxyl groups excluding tert-OH is 1. The van der Waals surface area contributed by atoms with E-state index in [9.17, 15) is 9.90 Å². The monoisotopic (exact) mass is 224 g/mol. The molecule has 0 aliphatic heterocycles. The van der Waals surface area contributed by atoms with Gasteiger partial charge >= 0.3 is 0 Å². The molecule has 0 fully saturated rings. The molecule has 0 aliphatic carbocycles. The number of nitrogens with one attached hydrogen (secondary N) is 1. The molecule has 0 aliphatic rings. The van der Waals surface area contributed by atoms with E-state index in [0.29, 0.717) is 5.56 Å². The van der Waals surface area contributed by atoms with Crippen LogP contribution in [0.4, 0.5) is 0 Å². The number of aliphatic hydroxyl groups is 2. The Morgan fingerprint density at radius 2 is 2.25 bits per heavy atom. The summed E-state index contributed by atoms with van der Waals surface area (Å²) in [5.41, 5.74) is -0.0356. The van der Waals surface area contributed by atoms with Crippen LogP contribution >= 0.6 is 0 Å². The van der Waals surface area contributed by atoms with Crippen molar-refractivity contribution in [1.82, 2.24) is 10.3 Å². The zero-order valence-corrected chi connectivity index (χ0v) is 9.40. The minimum atomic E-state index is -1.30. The molecule has 0 radical (unpaired) electrons. The van der Waals surface area contributed by atoms with Gasteiger partial charge in [0.2, 0.25) is 0 Å². The largest absolute Gasteiger partial charge is 0.393 e. The molecule has 1 unspecified atom stereocenters. The Hall–Kier alpha value is -1.46. The van der Waals surface area contributed by atoms with Crippen molar-refractivity contribution in [3.63, 3.8) is 0 Å². The number of carbonyl (C=O) groups excluding carboxylic acids is 1. The van der Waals surface area contributed by atoms with Crippen LogP contribution in [0.15, 0.2) is 18.3 Å². The molecule has 0 saturated carbocycles. The van der Waals surface area contributed by atoms with Gasteiger partial charge in [0.05, 0.1) is 12.2 Å². The summed E-state index contributed by atoms with van der Waals surface area (Å²) < 4.78 is 0. The van der Waals surface area contributed by atoms with Gasteiger partial charge in [-0.1, -0.05) is 0 Å². The molecule has 0 bridgehead atoms. The highest BCUT2D eigenvalue weighted by molar-refractivity contribution is 5.93. The van der Waals surface area contributed by atoms with Gasteiger partial charge in [-0.05, 0) is 26.0 Å². The van der Waals surface area contributed by atoms with Gasteiger partial charge < -0.3 is 15.5 Å². The third-order valence-electron chi connectivity index (χ3n) is 2.14. The molecule has 0 saturated heterocycles. The Morgan fingerprint density at radius 3 is 2.75 bits per heavy atom. The van der Waals surface area contributed by atoms with Gasteiger partial charge in [-0.2, -0.15) is 0 Å². The summed E-state index contributed by atoms with van der Waals surface area (Å²) in [6.45, 7) is 2.87. The Bertz CT molecular complexity index is 360. The fourth-order valence-corrected chi connectivity index (χ4v) is 1.03. The van der Waals surface area contributed by atoms with Crippen molar-refractivity contribution in [3.05, 3.63) is 29.6 Å². The van der Waals surface area contributed by atoms with Gasteiger partial charge in [0.1, 0.15) is 5.60 Å². The Morgan fingerprint density at radius 1 is 1.56 bits per heavy atom. The molecule has 1 aromatic rings. The Labute approximate surface area is 94.1 Å². The van der Waals surface area contributed by atoms with Crippen molar-refractivity contribution in [2.75, 3.05) is 13.2 Å². The first-order valence-corrected chi connectivity index (χ1v) is 4.99. The third kappa shape index (κ3) is 3.60. The average Bonchev–Trinajstić information content (AvgIpc) is 2.27. The van der Waals surface area contributed by atoms with Crippen molar-refractivity contribution < 1.29 is 15.0 Å². The maximum atomic E-state index is 11.6. The van der Waals surface area contributed by atoms with E-state index in [0.717, 1.165) is 5.69 Å². The van der Waals surface area contributed by atoms with E-state index in [1.54, 1.807) is 12.1 Å². The topological polar surface area (TPSA) is 82.5 Å². The lowest BCUT2D eigenvalue weighted by molar-refractivity contribution is 0.00320. The molecular weight excluding hydrogens is 208 g/mol. The summed E-state index contributed by atoms with van der Waals surface area (Å²) in [4.78, 5) is 15.6. The molecule has 1 heterocycles. The van der Waals surface area contributed by atoms with Crippen LogP contribution in [0.2, 0.25) is 0 Å². The van der Waals surface area contributed by atoms with E-state index >= 15 is 0 Å². The maximum Gasteiger partial charge on any atom is 0.252 e. The van der Waals surface area contributed by atoms with Crippen LogP contribution in [0, 0.1) is 6.92 Å². The number of aryl methyl sites for hydroxylation is 1. The van der Waals surface area contributed by atoms with Crippen LogP contribution in [0.3, 0.4) is 0 Å². The van der Waals surface area contributed by atoms with E-state index in [-0.39, 0.29) is 12.5 Å². The molecule has 1 amide bonds. The standard InChI is InChI=1S/C11H16N2O3/c1-8-3-4-9(5-12-8)10(15)13-6-11(2,16)7-14/h3-5,14,16H,6-7H2,1-2H3,(H,13,15). The van der Waals surface area contributed by atoms with Gasteiger partial charge in [0.15, 0.2) is 0 Å². The number of rotatable bonds is 4. The van der Waals surface area contributed by atoms with Crippen LogP contribution in [0.1, 0.15) is 23.0 Å². The van der Waals surface area contributed by atoms with Gasteiger partial charge in [-0.25, -0.2) is 0 Å². The molecule has 5 heteroatoms. The van der Waals surface area contributed by atoms with Crippen molar-refractivity contribution in [2.45, 2.75) is 19.4 Å². The SMILES string of the molecule is Cc1ccc(C(=O)NCC(C)(O)CO)cn1. The van der Waals surface area contributed by atoms with E-state index in [2.05, 4.69) is 10.3 Å². The van der Waals surface area contributed by atoms with Gasteiger partial charge in [0.25, 0.3) is 5.91 Å². The number of carbonyl (C=O) groups is 1. The van der Waals surface area contributed by atoms with Crippen LogP contribution in [0.25, 0.3) is 0 Å². The predicted molar refractivity (Wildman–Crippen MR) is 59.0 cm³/mol. The first-order chi connectivity index (χ1) is 7.44. The normalized spacial score (nSPS) is 14.2. The van der Waals surface area contributed by atoms with Crippen LogP contribution < -0.4 is 5.32 Å². The van der Waals surface area contributed by atoms with Crippen molar-refractivity contribution in [1.29, 1.82) is 0 Å². The maximum absolute atomic E-state index is 11.6. The van der Waals surface area contributed by atoms with Gasteiger partial charge in [-0.15, -0.1) is 0 Å². The minimum Gasteiger partial charge on any atom is -0.393 e. The van der Waals surface area contributed by atoms with E-state index < -0.39 is 12.2 Å². The van der Waals surface area contributed by atoms with Crippen molar-refractivity contribution in [2.24, 2.45) is 0 Å². The van der Waals surface area contributed by atoms with Crippen molar-refractivity contribution >= 4 is 5.91 Å². The second-order valence-corrected chi connectivity index (χ2v) is 4.03. The highest BCUT2D eigenvalue weighted by atomic mass is 16.3. The highest BCUT2D eigenvalue weighted by Gasteiger charge is 2.20. The summed E-state index contributed by atoms with van der Waals surface area (Å²) in [7, 11) is 0. The molecular formula is C11H16N2O3. The van der Waals surface area contributed by atoms with Crippen LogP contribution in [0.5, 0.6) is 0 Å². The second-order valence-electron chi connectivity index (χ2n) is 4.03. The molecule has 3 N–H and O–H groups in total. The first-order valence-electron chi connectivity index (χ1n) is 4.99. The number of nitrogens with zero attached hydrogens (tertiary/aromatic N) is 1.